The Bertz CT molecular complexity index is 922. The van der Waals surface area contributed by atoms with E-state index < -0.39 is 15.8 Å². The zero-order chi connectivity index (χ0) is 19.1. The van der Waals surface area contributed by atoms with Crippen molar-refractivity contribution < 1.29 is 17.5 Å². The van der Waals surface area contributed by atoms with Crippen LogP contribution in [0.3, 0.4) is 0 Å². The Hall–Kier alpha value is -1.64. The molecule has 3 rings (SSSR count). The van der Waals surface area contributed by atoms with Crippen LogP contribution in [-0.2, 0) is 17.1 Å². The third-order valence-electron chi connectivity index (χ3n) is 4.64. The lowest BCUT2D eigenvalue weighted by atomic mass is 10.1. The maximum absolute atomic E-state index is 13.5. The number of sulfonamides is 1. The first-order chi connectivity index (χ1) is 12.2. The number of piperidine rings is 1. The van der Waals surface area contributed by atoms with Gasteiger partial charge < -0.3 is 4.74 Å². The summed E-state index contributed by atoms with van der Waals surface area (Å²) in [4.78, 5) is 0.277. The van der Waals surface area contributed by atoms with Crippen LogP contribution in [0, 0.1) is 19.7 Å². The molecule has 142 valence electrons. The number of hydrogen-bond donors (Lipinski definition) is 0. The topological polar surface area (TPSA) is 64.4 Å². The molecule has 1 aliphatic heterocycles. The van der Waals surface area contributed by atoms with Crippen molar-refractivity contribution in [1.82, 2.24) is 14.1 Å². The largest absolute Gasteiger partial charge is 0.490 e. The molecule has 2 heterocycles. The van der Waals surface area contributed by atoms with Crippen LogP contribution in [0.2, 0.25) is 5.02 Å². The molecule has 0 unspecified atom stereocenters. The highest BCUT2D eigenvalue weighted by Crippen LogP contribution is 2.28. The number of rotatable bonds is 4. The Balaban J connectivity index is 1.68. The van der Waals surface area contributed by atoms with Crippen molar-refractivity contribution in [2.75, 3.05) is 13.1 Å². The summed E-state index contributed by atoms with van der Waals surface area (Å²) in [5.41, 5.74) is 1.12. The van der Waals surface area contributed by atoms with Crippen molar-refractivity contribution in [1.29, 1.82) is 0 Å². The first-order valence-corrected chi connectivity index (χ1v) is 10.1. The highest BCUT2D eigenvalue weighted by atomic mass is 35.5. The van der Waals surface area contributed by atoms with E-state index in [1.807, 2.05) is 0 Å². The summed E-state index contributed by atoms with van der Waals surface area (Å²) in [6, 6.07) is 4.30. The molecule has 26 heavy (non-hydrogen) atoms. The van der Waals surface area contributed by atoms with Gasteiger partial charge in [-0.2, -0.15) is 9.40 Å². The fourth-order valence-corrected chi connectivity index (χ4v) is 5.18. The highest BCUT2D eigenvalue weighted by molar-refractivity contribution is 7.89. The van der Waals surface area contributed by atoms with E-state index in [9.17, 15) is 12.8 Å². The van der Waals surface area contributed by atoms with Crippen LogP contribution in [0.25, 0.3) is 0 Å². The van der Waals surface area contributed by atoms with Gasteiger partial charge in [0.1, 0.15) is 22.6 Å². The Morgan fingerprint density at radius 2 is 1.92 bits per heavy atom. The van der Waals surface area contributed by atoms with Gasteiger partial charge in [-0.15, -0.1) is 0 Å². The molecule has 1 aromatic carbocycles. The third-order valence-corrected chi connectivity index (χ3v) is 7.09. The first kappa shape index (κ1) is 19.1. The Morgan fingerprint density at radius 3 is 2.46 bits per heavy atom. The molecular formula is C17H21ClFN3O3S. The molecule has 2 aromatic rings. The number of ether oxygens (including phenoxy) is 1. The molecule has 0 atom stereocenters. The summed E-state index contributed by atoms with van der Waals surface area (Å²) in [6.07, 6.45) is 0.891. The fourth-order valence-electron chi connectivity index (χ4n) is 3.19. The molecule has 1 fully saturated rings. The minimum absolute atomic E-state index is 0.0421. The lowest BCUT2D eigenvalue weighted by Gasteiger charge is -2.31. The molecule has 0 radical (unpaired) electrons. The Labute approximate surface area is 157 Å². The monoisotopic (exact) mass is 401 g/mol. The van der Waals surface area contributed by atoms with Gasteiger partial charge in [0.15, 0.2) is 0 Å². The van der Waals surface area contributed by atoms with E-state index >= 15 is 0 Å². The summed E-state index contributed by atoms with van der Waals surface area (Å²) in [6.45, 7) is 4.14. The number of aryl methyl sites for hydroxylation is 2. The Kier molecular flexibility index (Phi) is 5.28. The number of hydrogen-bond acceptors (Lipinski definition) is 4. The quantitative estimate of drug-likeness (QED) is 0.789. The van der Waals surface area contributed by atoms with Crippen molar-refractivity contribution in [3.63, 3.8) is 0 Å². The van der Waals surface area contributed by atoms with Crippen molar-refractivity contribution in [3.8, 4) is 5.75 Å². The van der Waals surface area contributed by atoms with Gasteiger partial charge in [0.2, 0.25) is 10.0 Å². The summed E-state index contributed by atoms with van der Waals surface area (Å²) in [5.74, 6) is -0.140. The molecule has 0 bridgehead atoms. The average Bonchev–Trinajstić information content (AvgIpc) is 2.84. The first-order valence-electron chi connectivity index (χ1n) is 8.32. The molecule has 0 saturated carbocycles. The zero-order valence-corrected chi connectivity index (χ0v) is 16.4. The number of halogens is 2. The SMILES string of the molecule is Cc1nn(C)c(C)c1S(=O)(=O)N1CCC(Oc2ccc(Cl)c(F)c2)CC1. The minimum atomic E-state index is -3.59. The van der Waals surface area contributed by atoms with E-state index in [1.165, 1.54) is 16.4 Å². The van der Waals surface area contributed by atoms with Crippen LogP contribution in [0.4, 0.5) is 4.39 Å². The summed E-state index contributed by atoms with van der Waals surface area (Å²) in [5, 5.41) is 4.24. The molecule has 0 N–H and O–H groups in total. The molecule has 6 nitrogen and oxygen atoms in total. The zero-order valence-electron chi connectivity index (χ0n) is 14.9. The van der Waals surface area contributed by atoms with E-state index in [-0.39, 0.29) is 16.0 Å². The van der Waals surface area contributed by atoms with E-state index in [2.05, 4.69) is 5.10 Å². The summed E-state index contributed by atoms with van der Waals surface area (Å²) >= 11 is 5.67. The van der Waals surface area contributed by atoms with Crippen LogP contribution in [-0.4, -0.2) is 41.7 Å². The lowest BCUT2D eigenvalue weighted by Crippen LogP contribution is -2.42. The molecule has 0 aliphatic carbocycles. The molecule has 0 amide bonds. The Morgan fingerprint density at radius 1 is 1.27 bits per heavy atom. The van der Waals surface area contributed by atoms with Crippen LogP contribution < -0.4 is 4.74 Å². The van der Waals surface area contributed by atoms with Gasteiger partial charge in [0.25, 0.3) is 0 Å². The van der Waals surface area contributed by atoms with E-state index in [0.717, 1.165) is 0 Å². The maximum atomic E-state index is 13.5. The van der Waals surface area contributed by atoms with E-state index in [1.54, 1.807) is 31.6 Å². The van der Waals surface area contributed by atoms with Crippen LogP contribution >= 0.6 is 11.6 Å². The van der Waals surface area contributed by atoms with Gasteiger partial charge >= 0.3 is 0 Å². The van der Waals surface area contributed by atoms with Gasteiger partial charge in [0, 0.05) is 26.2 Å². The molecule has 9 heteroatoms. The minimum Gasteiger partial charge on any atom is -0.490 e. The molecule has 1 saturated heterocycles. The lowest BCUT2D eigenvalue weighted by molar-refractivity contribution is 0.134. The van der Waals surface area contributed by atoms with Gasteiger partial charge in [-0.1, -0.05) is 11.6 Å². The standard InChI is InChI=1S/C17H21ClFN3O3S/c1-11-17(12(2)21(3)20-11)26(23,24)22-8-6-13(7-9-22)25-14-4-5-15(18)16(19)10-14/h4-5,10,13H,6-9H2,1-3H3. The summed E-state index contributed by atoms with van der Waals surface area (Å²) < 4.78 is 48.2. The van der Waals surface area contributed by atoms with Crippen LogP contribution in [0.5, 0.6) is 5.75 Å². The fraction of sp³-hybridized carbons (Fsp3) is 0.471. The van der Waals surface area contributed by atoms with Crippen molar-refractivity contribution in [3.05, 3.63) is 40.4 Å². The maximum Gasteiger partial charge on any atom is 0.246 e. The van der Waals surface area contributed by atoms with Crippen molar-refractivity contribution in [2.24, 2.45) is 7.05 Å². The summed E-state index contributed by atoms with van der Waals surface area (Å²) in [7, 11) is -1.87. The molecule has 1 aliphatic rings. The third kappa shape index (κ3) is 3.58. The van der Waals surface area contributed by atoms with E-state index in [0.29, 0.717) is 43.1 Å². The molecule has 0 spiro atoms. The molecule has 1 aromatic heterocycles. The number of benzene rings is 1. The van der Waals surface area contributed by atoms with Gasteiger partial charge in [-0.3, -0.25) is 4.68 Å². The van der Waals surface area contributed by atoms with Gasteiger partial charge in [-0.25, -0.2) is 12.8 Å². The number of nitrogens with zero attached hydrogens (tertiary/aromatic N) is 3. The van der Waals surface area contributed by atoms with Crippen LogP contribution in [0.1, 0.15) is 24.2 Å². The predicted molar refractivity (Wildman–Crippen MR) is 96.5 cm³/mol. The second-order valence-electron chi connectivity index (χ2n) is 6.42. The normalized spacial score (nSPS) is 16.8. The molecular weight excluding hydrogens is 381 g/mol. The average molecular weight is 402 g/mol. The predicted octanol–water partition coefficient (Wildman–Crippen LogP) is 3.06. The van der Waals surface area contributed by atoms with Crippen molar-refractivity contribution in [2.45, 2.75) is 37.7 Å². The van der Waals surface area contributed by atoms with Crippen LogP contribution in [0.15, 0.2) is 23.1 Å². The van der Waals surface area contributed by atoms with Crippen molar-refractivity contribution >= 4 is 21.6 Å². The second-order valence-corrected chi connectivity index (χ2v) is 8.70. The van der Waals surface area contributed by atoms with E-state index in [4.69, 9.17) is 16.3 Å². The van der Waals surface area contributed by atoms with Gasteiger partial charge in [-0.05, 0) is 38.8 Å². The van der Waals surface area contributed by atoms with Gasteiger partial charge in [0.05, 0.1) is 16.4 Å². The number of aromatic nitrogens is 2. The smallest absolute Gasteiger partial charge is 0.246 e. The highest BCUT2D eigenvalue weighted by Gasteiger charge is 2.34. The second kappa shape index (κ2) is 7.17.